The van der Waals surface area contributed by atoms with Crippen LogP contribution in [0, 0.1) is 0 Å². The van der Waals surface area contributed by atoms with Crippen LogP contribution in [0.5, 0.6) is 0 Å². The molecule has 0 unspecified atom stereocenters. The molecule has 0 aliphatic carbocycles. The number of nitrogens with zero attached hydrogens (tertiary/aromatic N) is 3. The summed E-state index contributed by atoms with van der Waals surface area (Å²) in [5.41, 5.74) is 9.46. The van der Waals surface area contributed by atoms with Gasteiger partial charge in [0.1, 0.15) is 33.5 Å². The van der Waals surface area contributed by atoms with Crippen LogP contribution in [0.1, 0.15) is 0 Å². The standard InChI is InChI=1S/C57H31N3O3/c1-2-13-37-35(12-1)36-14-3-4-17-41(36)52-42(37)19-10-22-45(52)56-58-55(59-57(60-56)46-23-11-21-44-39-16-6-8-25-49(39)63-54(44)46)33-26-28-40-47-30-32(27-29-50(47)61-51(40)31-33)34-18-9-20-43-38-15-5-7-24-48(38)62-53(34)43/h1-31H. The van der Waals surface area contributed by atoms with Crippen LogP contribution in [0.25, 0.3) is 143 Å². The van der Waals surface area contributed by atoms with Gasteiger partial charge in [-0.25, -0.2) is 15.0 Å². The zero-order valence-corrected chi connectivity index (χ0v) is 33.5. The number of hydrogen-bond donors (Lipinski definition) is 0. The number of benzene rings is 10. The summed E-state index contributed by atoms with van der Waals surface area (Å²) < 4.78 is 19.6. The molecule has 6 heteroatoms. The Balaban J connectivity index is 0.984. The van der Waals surface area contributed by atoms with Gasteiger partial charge in [-0.3, -0.25) is 0 Å². The van der Waals surface area contributed by atoms with Gasteiger partial charge in [0, 0.05) is 54.4 Å². The van der Waals surface area contributed by atoms with Gasteiger partial charge in [-0.2, -0.15) is 0 Å². The Morgan fingerprint density at radius 1 is 0.254 bits per heavy atom. The SMILES string of the molecule is c1ccc2c(c1)oc1c(-c3ccc4oc5cc(-c6nc(-c7cccc8c7oc7ccccc78)nc(-c7cccc8c9ccccc9c9ccccc9c78)n6)ccc5c4c3)cccc12. The monoisotopic (exact) mass is 805 g/mol. The molecule has 0 spiro atoms. The molecule has 0 saturated carbocycles. The third-order valence-electron chi connectivity index (χ3n) is 12.7. The minimum absolute atomic E-state index is 0.524. The van der Waals surface area contributed by atoms with Gasteiger partial charge < -0.3 is 13.3 Å². The lowest BCUT2D eigenvalue weighted by atomic mass is 9.91. The summed E-state index contributed by atoms with van der Waals surface area (Å²) >= 11 is 0. The summed E-state index contributed by atoms with van der Waals surface area (Å²) in [4.78, 5) is 15.9. The fourth-order valence-corrected chi connectivity index (χ4v) is 9.87. The lowest BCUT2D eigenvalue weighted by molar-refractivity contribution is 0.668. The summed E-state index contributed by atoms with van der Waals surface area (Å²) in [6.45, 7) is 0. The van der Waals surface area contributed by atoms with E-state index in [9.17, 15) is 0 Å². The Morgan fingerprint density at radius 2 is 0.714 bits per heavy atom. The van der Waals surface area contributed by atoms with Crippen LogP contribution < -0.4 is 0 Å². The van der Waals surface area contributed by atoms with E-state index in [2.05, 4.69) is 133 Å². The van der Waals surface area contributed by atoms with Crippen molar-refractivity contribution in [2.24, 2.45) is 0 Å². The highest BCUT2D eigenvalue weighted by Gasteiger charge is 2.21. The second-order valence-electron chi connectivity index (χ2n) is 16.2. The Morgan fingerprint density at radius 3 is 1.40 bits per heavy atom. The molecule has 10 aromatic carbocycles. The predicted octanol–water partition coefficient (Wildman–Crippen LogP) is 15.7. The Hall–Kier alpha value is -8.61. The molecule has 0 bridgehead atoms. The fraction of sp³-hybridized carbons (Fsp3) is 0. The van der Waals surface area contributed by atoms with E-state index in [0.717, 1.165) is 110 Å². The van der Waals surface area contributed by atoms with Crippen LogP contribution in [0.3, 0.4) is 0 Å². The maximum Gasteiger partial charge on any atom is 0.167 e. The van der Waals surface area contributed by atoms with Crippen LogP contribution in [0.15, 0.2) is 201 Å². The van der Waals surface area contributed by atoms with Crippen molar-refractivity contribution in [3.8, 4) is 45.3 Å². The molecule has 0 N–H and O–H groups in total. The average Bonchev–Trinajstić information content (AvgIpc) is 4.04. The summed E-state index contributed by atoms with van der Waals surface area (Å²) in [5.74, 6) is 1.63. The van der Waals surface area contributed by atoms with E-state index in [1.54, 1.807) is 0 Å². The van der Waals surface area contributed by atoms with E-state index < -0.39 is 0 Å². The molecule has 0 saturated heterocycles. The summed E-state index contributed by atoms with van der Waals surface area (Å²) in [7, 11) is 0. The summed E-state index contributed by atoms with van der Waals surface area (Å²) in [6, 6.07) is 65.1. The number of rotatable bonds is 4. The smallest absolute Gasteiger partial charge is 0.167 e. The number of hydrogen-bond acceptors (Lipinski definition) is 6. The summed E-state index contributed by atoms with van der Waals surface area (Å²) in [5, 5.41) is 13.2. The minimum Gasteiger partial charge on any atom is -0.456 e. The predicted molar refractivity (Wildman–Crippen MR) is 256 cm³/mol. The Kier molecular flexibility index (Phi) is 7.02. The van der Waals surface area contributed by atoms with Gasteiger partial charge in [0.05, 0.1) is 5.56 Å². The van der Waals surface area contributed by atoms with Gasteiger partial charge in [-0.15, -0.1) is 0 Å². The first-order valence-corrected chi connectivity index (χ1v) is 21.1. The molecule has 0 radical (unpaired) electrons. The number of aromatic nitrogens is 3. The topological polar surface area (TPSA) is 78.1 Å². The van der Waals surface area contributed by atoms with Crippen molar-refractivity contribution in [1.29, 1.82) is 0 Å². The first-order chi connectivity index (χ1) is 31.2. The van der Waals surface area contributed by atoms with Crippen molar-refractivity contribution in [2.45, 2.75) is 0 Å². The van der Waals surface area contributed by atoms with Gasteiger partial charge in [0.25, 0.3) is 0 Å². The normalized spacial score (nSPS) is 12.1. The maximum absolute atomic E-state index is 6.60. The van der Waals surface area contributed by atoms with Crippen LogP contribution in [-0.4, -0.2) is 15.0 Å². The molecule has 63 heavy (non-hydrogen) atoms. The average molecular weight is 806 g/mol. The van der Waals surface area contributed by atoms with E-state index in [4.69, 9.17) is 28.2 Å². The van der Waals surface area contributed by atoms with Crippen LogP contribution >= 0.6 is 0 Å². The maximum atomic E-state index is 6.60. The number of fused-ring (bicyclic) bond motifs is 15. The van der Waals surface area contributed by atoms with E-state index >= 15 is 0 Å². The molecular formula is C57H31N3O3. The number of para-hydroxylation sites is 4. The zero-order chi connectivity index (χ0) is 41.2. The first kappa shape index (κ1) is 34.1. The van der Waals surface area contributed by atoms with Crippen LogP contribution in [0.4, 0.5) is 0 Å². The largest absolute Gasteiger partial charge is 0.456 e. The van der Waals surface area contributed by atoms with Gasteiger partial charge >= 0.3 is 0 Å². The molecule has 0 amide bonds. The molecule has 0 aliphatic rings. The molecule has 0 fully saturated rings. The molecule has 4 heterocycles. The van der Waals surface area contributed by atoms with Crippen molar-refractivity contribution in [3.05, 3.63) is 188 Å². The highest BCUT2D eigenvalue weighted by Crippen LogP contribution is 2.43. The van der Waals surface area contributed by atoms with E-state index in [1.807, 2.05) is 54.6 Å². The van der Waals surface area contributed by atoms with Crippen molar-refractivity contribution < 1.29 is 13.3 Å². The Bertz CT molecular complexity index is 4190. The van der Waals surface area contributed by atoms with Gasteiger partial charge in [0.15, 0.2) is 17.5 Å². The minimum atomic E-state index is 0.524. The Labute approximate surface area is 358 Å². The molecule has 4 aromatic heterocycles. The lowest BCUT2D eigenvalue weighted by Crippen LogP contribution is -2.01. The molecule has 0 aliphatic heterocycles. The molecule has 292 valence electrons. The van der Waals surface area contributed by atoms with Gasteiger partial charge in [0.2, 0.25) is 0 Å². The fourth-order valence-electron chi connectivity index (χ4n) is 9.87. The third-order valence-corrected chi connectivity index (χ3v) is 12.7. The molecule has 14 rings (SSSR count). The number of furan rings is 3. The molecule has 14 aromatic rings. The summed E-state index contributed by atoms with van der Waals surface area (Å²) in [6.07, 6.45) is 0. The zero-order valence-electron chi connectivity index (χ0n) is 33.5. The van der Waals surface area contributed by atoms with Crippen molar-refractivity contribution in [1.82, 2.24) is 15.0 Å². The molecule has 0 atom stereocenters. The van der Waals surface area contributed by atoms with Crippen LogP contribution in [0.2, 0.25) is 0 Å². The highest BCUT2D eigenvalue weighted by atomic mass is 16.3. The first-order valence-electron chi connectivity index (χ1n) is 21.1. The lowest BCUT2D eigenvalue weighted by Gasteiger charge is -2.14. The van der Waals surface area contributed by atoms with Gasteiger partial charge in [-0.05, 0) is 75.0 Å². The van der Waals surface area contributed by atoms with Gasteiger partial charge in [-0.1, -0.05) is 146 Å². The van der Waals surface area contributed by atoms with E-state index in [0.29, 0.717) is 17.5 Å². The van der Waals surface area contributed by atoms with Crippen molar-refractivity contribution in [2.75, 3.05) is 0 Å². The second-order valence-corrected chi connectivity index (χ2v) is 16.2. The quantitative estimate of drug-likeness (QED) is 0.165. The highest BCUT2D eigenvalue weighted by molar-refractivity contribution is 6.28. The second kappa shape index (κ2) is 12.9. The van der Waals surface area contributed by atoms with Crippen molar-refractivity contribution >= 4 is 98.1 Å². The van der Waals surface area contributed by atoms with E-state index in [1.165, 1.54) is 16.2 Å². The van der Waals surface area contributed by atoms with Crippen molar-refractivity contribution in [3.63, 3.8) is 0 Å². The molecular weight excluding hydrogens is 775 g/mol. The third kappa shape index (κ3) is 5.03. The van der Waals surface area contributed by atoms with Crippen LogP contribution in [-0.2, 0) is 0 Å². The van der Waals surface area contributed by atoms with E-state index in [-0.39, 0.29) is 0 Å². The molecule has 6 nitrogen and oxygen atoms in total.